The molecule has 0 radical (unpaired) electrons. The van der Waals surface area contributed by atoms with Crippen LogP contribution in [0.25, 0.3) is 0 Å². The lowest BCUT2D eigenvalue weighted by molar-refractivity contribution is 0.0646. The molecule has 19 heavy (non-hydrogen) atoms. The summed E-state index contributed by atoms with van der Waals surface area (Å²) in [5.41, 5.74) is -2.34. The molecule has 0 aliphatic rings. The zero-order valence-electron chi connectivity index (χ0n) is 10.2. The fourth-order valence-corrected chi connectivity index (χ4v) is 1.50. The largest absolute Gasteiger partial charge is 0.394 e. The smallest absolute Gasteiger partial charge is 0.257 e. The average Bonchev–Trinajstić information content (AvgIpc) is 2.35. The number of nitrogens with one attached hydrogen (secondary N) is 1. The summed E-state index contributed by atoms with van der Waals surface area (Å²) in [6, 6.07) is 0.757. The molecular weight excluding hydrogens is 263 g/mol. The Morgan fingerprint density at radius 1 is 1.21 bits per heavy atom. The van der Waals surface area contributed by atoms with Gasteiger partial charge in [-0.3, -0.25) is 4.79 Å². The summed E-state index contributed by atoms with van der Waals surface area (Å²) in [6.07, 6.45) is 0.149. The third-order valence-electron chi connectivity index (χ3n) is 2.89. The second kappa shape index (κ2) is 6.03. The van der Waals surface area contributed by atoms with E-state index in [0.717, 1.165) is 0 Å². The van der Waals surface area contributed by atoms with Crippen LogP contribution in [0.15, 0.2) is 12.1 Å². The Morgan fingerprint density at radius 2 is 1.68 bits per heavy atom. The summed E-state index contributed by atoms with van der Waals surface area (Å²) in [4.78, 5) is 11.8. The van der Waals surface area contributed by atoms with Gasteiger partial charge in [0.15, 0.2) is 0 Å². The number of amides is 1. The van der Waals surface area contributed by atoms with Crippen LogP contribution in [0.4, 0.5) is 13.2 Å². The van der Waals surface area contributed by atoms with Crippen LogP contribution in [0.1, 0.15) is 23.7 Å². The van der Waals surface area contributed by atoms with E-state index in [1.54, 1.807) is 6.92 Å². The maximum Gasteiger partial charge on any atom is 0.257 e. The summed E-state index contributed by atoms with van der Waals surface area (Å²) in [6.45, 7) is 0.371. The molecule has 0 heterocycles. The molecule has 1 aromatic carbocycles. The molecule has 0 spiro atoms. The van der Waals surface area contributed by atoms with E-state index in [1.165, 1.54) is 0 Å². The third-order valence-corrected chi connectivity index (χ3v) is 2.89. The van der Waals surface area contributed by atoms with E-state index >= 15 is 0 Å². The second-order valence-corrected chi connectivity index (χ2v) is 4.15. The predicted octanol–water partition coefficient (Wildman–Crippen LogP) is 0.967. The molecule has 1 aromatic rings. The van der Waals surface area contributed by atoms with Gasteiger partial charge < -0.3 is 15.5 Å². The standard InChI is InChI=1S/C12H14F3NO3/c1-2-12(5-17,6-18)16-11(19)10-8(14)3-7(13)4-9(10)15/h3-4,17-18H,2,5-6H2,1H3,(H,16,19). The van der Waals surface area contributed by atoms with Gasteiger partial charge >= 0.3 is 0 Å². The molecule has 7 heteroatoms. The quantitative estimate of drug-likeness (QED) is 0.751. The number of benzene rings is 1. The number of carbonyl (C=O) groups is 1. The van der Waals surface area contributed by atoms with Gasteiger partial charge in [0.2, 0.25) is 0 Å². The van der Waals surface area contributed by atoms with E-state index in [0.29, 0.717) is 12.1 Å². The molecule has 106 valence electrons. The molecule has 0 saturated carbocycles. The predicted molar refractivity (Wildman–Crippen MR) is 61.0 cm³/mol. The van der Waals surface area contributed by atoms with Gasteiger partial charge in [-0.25, -0.2) is 13.2 Å². The molecule has 0 aliphatic carbocycles. The fraction of sp³-hybridized carbons (Fsp3) is 0.417. The molecule has 0 atom stereocenters. The van der Waals surface area contributed by atoms with Crippen LogP contribution >= 0.6 is 0 Å². The second-order valence-electron chi connectivity index (χ2n) is 4.15. The normalized spacial score (nSPS) is 11.5. The van der Waals surface area contributed by atoms with E-state index in [4.69, 9.17) is 10.2 Å². The average molecular weight is 277 g/mol. The molecule has 0 bridgehead atoms. The van der Waals surface area contributed by atoms with Crippen molar-refractivity contribution in [2.45, 2.75) is 18.9 Å². The summed E-state index contributed by atoms with van der Waals surface area (Å²) in [7, 11) is 0. The first kappa shape index (κ1) is 15.5. The number of carbonyl (C=O) groups excluding carboxylic acids is 1. The van der Waals surface area contributed by atoms with Crippen LogP contribution in [-0.2, 0) is 0 Å². The maximum atomic E-state index is 13.4. The van der Waals surface area contributed by atoms with E-state index in [1.807, 2.05) is 0 Å². The fourth-order valence-electron chi connectivity index (χ4n) is 1.50. The van der Waals surface area contributed by atoms with Crippen LogP contribution in [0.3, 0.4) is 0 Å². The molecular formula is C12H14F3NO3. The Morgan fingerprint density at radius 3 is 2.05 bits per heavy atom. The van der Waals surface area contributed by atoms with E-state index in [2.05, 4.69) is 5.32 Å². The van der Waals surface area contributed by atoms with Crippen molar-refractivity contribution in [2.24, 2.45) is 0 Å². The lowest BCUT2D eigenvalue weighted by atomic mass is 9.97. The molecule has 0 fully saturated rings. The maximum absolute atomic E-state index is 13.4. The highest BCUT2D eigenvalue weighted by Gasteiger charge is 2.31. The lowest BCUT2D eigenvalue weighted by Gasteiger charge is -2.29. The number of aliphatic hydroxyl groups is 2. The highest BCUT2D eigenvalue weighted by Crippen LogP contribution is 2.17. The van der Waals surface area contributed by atoms with Crippen LogP contribution < -0.4 is 5.32 Å². The molecule has 1 amide bonds. The Hall–Kier alpha value is -1.60. The molecule has 3 N–H and O–H groups in total. The molecule has 0 unspecified atom stereocenters. The molecule has 1 rings (SSSR count). The van der Waals surface area contributed by atoms with Gasteiger partial charge in [-0.1, -0.05) is 6.92 Å². The number of hydrogen-bond donors (Lipinski definition) is 3. The summed E-state index contributed by atoms with van der Waals surface area (Å²) >= 11 is 0. The van der Waals surface area contributed by atoms with Gasteiger partial charge in [0.05, 0.1) is 18.8 Å². The first-order chi connectivity index (χ1) is 8.89. The van der Waals surface area contributed by atoms with Crippen molar-refractivity contribution in [3.05, 3.63) is 35.1 Å². The van der Waals surface area contributed by atoms with Crippen molar-refractivity contribution in [1.82, 2.24) is 5.32 Å². The van der Waals surface area contributed by atoms with Crippen molar-refractivity contribution in [3.8, 4) is 0 Å². The van der Waals surface area contributed by atoms with Crippen molar-refractivity contribution < 1.29 is 28.2 Å². The first-order valence-corrected chi connectivity index (χ1v) is 5.58. The van der Waals surface area contributed by atoms with Crippen LogP contribution in [0, 0.1) is 17.5 Å². The summed E-state index contributed by atoms with van der Waals surface area (Å²) in [5, 5.41) is 20.4. The molecule has 0 saturated heterocycles. The summed E-state index contributed by atoms with van der Waals surface area (Å²) < 4.78 is 39.5. The molecule has 4 nitrogen and oxygen atoms in total. The van der Waals surface area contributed by atoms with Crippen LogP contribution in [-0.4, -0.2) is 34.9 Å². The Bertz CT molecular complexity index is 444. The Balaban J connectivity index is 3.08. The monoisotopic (exact) mass is 277 g/mol. The highest BCUT2D eigenvalue weighted by atomic mass is 19.1. The van der Waals surface area contributed by atoms with Gasteiger partial charge in [-0.05, 0) is 6.42 Å². The van der Waals surface area contributed by atoms with Gasteiger partial charge in [0.1, 0.15) is 23.0 Å². The van der Waals surface area contributed by atoms with E-state index in [-0.39, 0.29) is 6.42 Å². The zero-order valence-corrected chi connectivity index (χ0v) is 10.2. The number of aliphatic hydroxyl groups excluding tert-OH is 2. The van der Waals surface area contributed by atoms with Crippen LogP contribution in [0.2, 0.25) is 0 Å². The van der Waals surface area contributed by atoms with Crippen molar-refractivity contribution in [2.75, 3.05) is 13.2 Å². The number of rotatable bonds is 5. The molecule has 0 aromatic heterocycles. The van der Waals surface area contributed by atoms with Crippen molar-refractivity contribution >= 4 is 5.91 Å². The van der Waals surface area contributed by atoms with Crippen LogP contribution in [0.5, 0.6) is 0 Å². The molecule has 0 aliphatic heterocycles. The van der Waals surface area contributed by atoms with Gasteiger partial charge in [0.25, 0.3) is 5.91 Å². The summed E-state index contributed by atoms with van der Waals surface area (Å²) in [5.74, 6) is -5.01. The lowest BCUT2D eigenvalue weighted by Crippen LogP contribution is -2.54. The van der Waals surface area contributed by atoms with Crippen molar-refractivity contribution in [1.29, 1.82) is 0 Å². The topological polar surface area (TPSA) is 69.6 Å². The van der Waals surface area contributed by atoms with Gasteiger partial charge in [0, 0.05) is 12.1 Å². The SMILES string of the molecule is CCC(CO)(CO)NC(=O)c1c(F)cc(F)cc1F. The minimum Gasteiger partial charge on any atom is -0.394 e. The zero-order chi connectivity index (χ0) is 14.6. The van der Waals surface area contributed by atoms with E-state index in [9.17, 15) is 18.0 Å². The third kappa shape index (κ3) is 3.24. The van der Waals surface area contributed by atoms with Gasteiger partial charge in [-0.15, -0.1) is 0 Å². The van der Waals surface area contributed by atoms with E-state index < -0.39 is 47.7 Å². The van der Waals surface area contributed by atoms with Crippen molar-refractivity contribution in [3.63, 3.8) is 0 Å². The van der Waals surface area contributed by atoms with Gasteiger partial charge in [-0.2, -0.15) is 0 Å². The Kier molecular flexibility index (Phi) is 4.90. The minimum atomic E-state index is -1.38. The number of hydrogen-bond acceptors (Lipinski definition) is 3. The Labute approximate surface area is 107 Å². The number of halogens is 3. The highest BCUT2D eigenvalue weighted by molar-refractivity contribution is 5.95. The minimum absolute atomic E-state index is 0.149. The first-order valence-electron chi connectivity index (χ1n) is 5.58.